The molecule has 0 aliphatic heterocycles. The highest BCUT2D eigenvalue weighted by Crippen LogP contribution is 2.38. The van der Waals surface area contributed by atoms with Crippen molar-refractivity contribution in [3.8, 4) is 0 Å². The van der Waals surface area contributed by atoms with E-state index in [4.69, 9.17) is 0 Å². The van der Waals surface area contributed by atoms with Crippen LogP contribution >= 0.6 is 11.8 Å². The van der Waals surface area contributed by atoms with E-state index in [1.165, 1.54) is 28.8 Å². The second-order valence-corrected chi connectivity index (χ2v) is 6.73. The number of carbonyl (C=O) groups is 1. The van der Waals surface area contributed by atoms with E-state index in [-0.39, 0.29) is 40.3 Å². The Hall–Kier alpha value is -3.01. The molecule has 1 aromatic heterocycles. The van der Waals surface area contributed by atoms with E-state index in [1.54, 1.807) is 31.2 Å². The van der Waals surface area contributed by atoms with Gasteiger partial charge in [0.1, 0.15) is 0 Å². The first-order valence-electron chi connectivity index (χ1n) is 8.21. The van der Waals surface area contributed by atoms with Crippen molar-refractivity contribution in [3.63, 3.8) is 0 Å². The van der Waals surface area contributed by atoms with Crippen molar-refractivity contribution >= 4 is 34.5 Å². The van der Waals surface area contributed by atoms with Gasteiger partial charge < -0.3 is 0 Å². The molecule has 0 aliphatic carbocycles. The van der Waals surface area contributed by atoms with Gasteiger partial charge in [0.25, 0.3) is 11.5 Å². The molecule has 0 unspecified atom stereocenters. The molecule has 0 spiro atoms. The van der Waals surface area contributed by atoms with Gasteiger partial charge in [-0.25, -0.2) is 4.98 Å². The smallest absolute Gasteiger partial charge is 0.277 e. The molecule has 3 rings (SSSR count). The van der Waals surface area contributed by atoms with Gasteiger partial charge in [0.2, 0.25) is 5.95 Å². The molecule has 10 heteroatoms. The molecule has 2 N–H and O–H groups in total. The standard InChI is InChI=1S/C18H15F3N4O2S/c1-2-25-16(27)11-7-3-5-9-13(11)22-17(25)24-23-15(26)12-8-4-6-10-14(12)28-18(19,20)21/h3-10H,2H2,1H3,(H,22,24)(H,23,26). The Balaban J connectivity index is 1.87. The lowest BCUT2D eigenvalue weighted by Gasteiger charge is -2.15. The summed E-state index contributed by atoms with van der Waals surface area (Å²) in [5.74, 6) is -0.696. The van der Waals surface area contributed by atoms with Crippen molar-refractivity contribution in [3.05, 3.63) is 64.4 Å². The molecule has 2 aromatic carbocycles. The maximum Gasteiger partial charge on any atom is 0.446 e. The molecule has 0 atom stereocenters. The topological polar surface area (TPSA) is 76.0 Å². The van der Waals surface area contributed by atoms with Crippen LogP contribution < -0.4 is 16.4 Å². The van der Waals surface area contributed by atoms with Crippen LogP contribution in [0.25, 0.3) is 10.9 Å². The maximum absolute atomic E-state index is 12.7. The predicted octanol–water partition coefficient (Wildman–Crippen LogP) is 3.79. The number of rotatable bonds is 5. The molecule has 0 bridgehead atoms. The second kappa shape index (κ2) is 7.93. The van der Waals surface area contributed by atoms with Gasteiger partial charge in [-0.1, -0.05) is 24.3 Å². The number of nitrogens with zero attached hydrogens (tertiary/aromatic N) is 2. The molecule has 0 saturated carbocycles. The zero-order valence-corrected chi connectivity index (χ0v) is 15.4. The average molecular weight is 408 g/mol. The Labute approximate surface area is 161 Å². The van der Waals surface area contributed by atoms with E-state index in [1.807, 2.05) is 0 Å². The van der Waals surface area contributed by atoms with E-state index >= 15 is 0 Å². The molecule has 3 aromatic rings. The predicted molar refractivity (Wildman–Crippen MR) is 101 cm³/mol. The number of hydrogen-bond donors (Lipinski definition) is 2. The van der Waals surface area contributed by atoms with Crippen molar-refractivity contribution < 1.29 is 18.0 Å². The van der Waals surface area contributed by atoms with Crippen LogP contribution in [0.5, 0.6) is 0 Å². The summed E-state index contributed by atoms with van der Waals surface area (Å²) in [7, 11) is 0. The fourth-order valence-electron chi connectivity index (χ4n) is 2.60. The number of anilines is 1. The highest BCUT2D eigenvalue weighted by molar-refractivity contribution is 8.00. The summed E-state index contributed by atoms with van der Waals surface area (Å²) in [4.78, 5) is 29.0. The lowest BCUT2D eigenvalue weighted by Crippen LogP contribution is -2.34. The van der Waals surface area contributed by atoms with Crippen molar-refractivity contribution in [1.29, 1.82) is 0 Å². The molecule has 1 heterocycles. The second-order valence-electron chi connectivity index (χ2n) is 5.63. The Bertz CT molecular complexity index is 1080. The zero-order chi connectivity index (χ0) is 20.3. The van der Waals surface area contributed by atoms with Crippen LogP contribution in [0.4, 0.5) is 19.1 Å². The summed E-state index contributed by atoms with van der Waals surface area (Å²) in [6, 6.07) is 12.1. The molecule has 28 heavy (non-hydrogen) atoms. The van der Waals surface area contributed by atoms with Crippen LogP contribution in [-0.2, 0) is 6.54 Å². The summed E-state index contributed by atoms with van der Waals surface area (Å²) < 4.78 is 39.4. The number of aromatic nitrogens is 2. The summed E-state index contributed by atoms with van der Waals surface area (Å²) in [6.45, 7) is 2.02. The van der Waals surface area contributed by atoms with E-state index < -0.39 is 11.4 Å². The highest BCUT2D eigenvalue weighted by Gasteiger charge is 2.31. The summed E-state index contributed by atoms with van der Waals surface area (Å²) in [5, 5.41) is 0.424. The lowest BCUT2D eigenvalue weighted by molar-refractivity contribution is -0.0328. The van der Waals surface area contributed by atoms with Gasteiger partial charge in [0, 0.05) is 11.4 Å². The van der Waals surface area contributed by atoms with Crippen LogP contribution in [0.15, 0.2) is 58.2 Å². The summed E-state index contributed by atoms with van der Waals surface area (Å²) >= 11 is -0.370. The van der Waals surface area contributed by atoms with Gasteiger partial charge in [0.05, 0.1) is 16.5 Å². The van der Waals surface area contributed by atoms with Crippen molar-refractivity contribution in [2.45, 2.75) is 23.9 Å². The first-order valence-corrected chi connectivity index (χ1v) is 9.02. The minimum Gasteiger partial charge on any atom is -0.277 e. The Morgan fingerprint density at radius 1 is 1.14 bits per heavy atom. The van der Waals surface area contributed by atoms with E-state index in [9.17, 15) is 22.8 Å². The lowest BCUT2D eigenvalue weighted by atomic mass is 10.2. The summed E-state index contributed by atoms with van der Waals surface area (Å²) in [6.07, 6.45) is 0. The normalized spacial score (nSPS) is 11.4. The number of hydrazine groups is 1. The number of thioether (sulfide) groups is 1. The number of nitrogens with one attached hydrogen (secondary N) is 2. The minimum atomic E-state index is -4.52. The molecule has 0 fully saturated rings. The fraction of sp³-hybridized carbons (Fsp3) is 0.167. The van der Waals surface area contributed by atoms with E-state index in [2.05, 4.69) is 15.8 Å². The molecular weight excluding hydrogens is 393 g/mol. The monoisotopic (exact) mass is 408 g/mol. The third-order valence-corrected chi connectivity index (χ3v) is 4.63. The van der Waals surface area contributed by atoms with E-state index in [0.717, 1.165) is 0 Å². The molecule has 1 amide bonds. The Kier molecular flexibility index (Phi) is 5.59. The van der Waals surface area contributed by atoms with Crippen molar-refractivity contribution in [1.82, 2.24) is 15.0 Å². The zero-order valence-electron chi connectivity index (χ0n) is 14.6. The molecule has 6 nitrogen and oxygen atoms in total. The number of carbonyl (C=O) groups excluding carboxylic acids is 1. The number of halogens is 3. The SMILES string of the molecule is CCn1c(NNC(=O)c2ccccc2SC(F)(F)F)nc2ccccc2c1=O. The summed E-state index contributed by atoms with van der Waals surface area (Å²) in [5.41, 5.74) is 0.331. The largest absolute Gasteiger partial charge is 0.446 e. The molecule has 0 radical (unpaired) electrons. The number of benzene rings is 2. The van der Waals surface area contributed by atoms with Gasteiger partial charge in [-0.2, -0.15) is 13.2 Å². The van der Waals surface area contributed by atoms with Gasteiger partial charge in [0.15, 0.2) is 0 Å². The first kappa shape index (κ1) is 19.7. The van der Waals surface area contributed by atoms with Crippen LogP contribution in [0.2, 0.25) is 0 Å². The quantitative estimate of drug-likeness (QED) is 0.496. The van der Waals surface area contributed by atoms with Crippen LogP contribution in [-0.4, -0.2) is 21.0 Å². The first-order chi connectivity index (χ1) is 13.3. The Morgan fingerprint density at radius 2 is 1.82 bits per heavy atom. The van der Waals surface area contributed by atoms with Crippen LogP contribution in [0.3, 0.4) is 0 Å². The van der Waals surface area contributed by atoms with Crippen LogP contribution in [0, 0.1) is 0 Å². The number of hydrogen-bond acceptors (Lipinski definition) is 5. The molecule has 146 valence electrons. The molecule has 0 saturated heterocycles. The van der Waals surface area contributed by atoms with Crippen LogP contribution in [0.1, 0.15) is 17.3 Å². The average Bonchev–Trinajstić information content (AvgIpc) is 2.65. The van der Waals surface area contributed by atoms with Gasteiger partial charge >= 0.3 is 5.51 Å². The number of para-hydroxylation sites is 1. The molecule has 0 aliphatic rings. The number of alkyl halides is 3. The van der Waals surface area contributed by atoms with Gasteiger partial charge in [-0.3, -0.25) is 25.0 Å². The van der Waals surface area contributed by atoms with Crippen molar-refractivity contribution in [2.75, 3.05) is 5.43 Å². The maximum atomic E-state index is 12.7. The Morgan fingerprint density at radius 3 is 2.54 bits per heavy atom. The number of amides is 1. The fourth-order valence-corrected chi connectivity index (χ4v) is 3.27. The third kappa shape index (κ3) is 4.28. The number of fused-ring (bicyclic) bond motifs is 1. The van der Waals surface area contributed by atoms with Gasteiger partial charge in [-0.15, -0.1) is 0 Å². The van der Waals surface area contributed by atoms with Crippen molar-refractivity contribution in [2.24, 2.45) is 0 Å². The highest BCUT2D eigenvalue weighted by atomic mass is 32.2. The molecular formula is C18H15F3N4O2S. The van der Waals surface area contributed by atoms with Gasteiger partial charge in [-0.05, 0) is 43.0 Å². The minimum absolute atomic E-state index is 0.0838. The van der Waals surface area contributed by atoms with E-state index in [0.29, 0.717) is 10.9 Å². The third-order valence-electron chi connectivity index (χ3n) is 3.82.